The minimum atomic E-state index is 0.672. The first-order valence-electron chi connectivity index (χ1n) is 7.49. The Bertz CT molecular complexity index is 692. The molecule has 1 heteroatoms. The monoisotopic (exact) mass is 288 g/mol. The van der Waals surface area contributed by atoms with Gasteiger partial charge in [-0.2, -0.15) is 0 Å². The maximum atomic E-state index is 10.6. The van der Waals surface area contributed by atoms with Crippen LogP contribution >= 0.6 is 0 Å². The van der Waals surface area contributed by atoms with Crippen molar-refractivity contribution >= 4 is 12.4 Å². The van der Waals surface area contributed by atoms with Gasteiger partial charge < -0.3 is 0 Å². The summed E-state index contributed by atoms with van der Waals surface area (Å²) in [5, 5.41) is 0. The molecule has 0 saturated heterocycles. The molecule has 0 heterocycles. The summed E-state index contributed by atoms with van der Waals surface area (Å²) in [6, 6.07) is 15.8. The van der Waals surface area contributed by atoms with E-state index in [1.165, 1.54) is 5.56 Å². The lowest BCUT2D eigenvalue weighted by Crippen LogP contribution is -1.93. The molecular formula is C21H20O. The van der Waals surface area contributed by atoms with E-state index in [2.05, 4.69) is 50.0 Å². The number of allylic oxidation sites excluding steroid dienone is 1. The number of rotatable bonds is 4. The van der Waals surface area contributed by atoms with Gasteiger partial charge in [0.2, 0.25) is 0 Å². The van der Waals surface area contributed by atoms with E-state index in [4.69, 9.17) is 0 Å². The highest BCUT2D eigenvalue weighted by atomic mass is 16.1. The summed E-state index contributed by atoms with van der Waals surface area (Å²) >= 11 is 0. The Balaban J connectivity index is 1.97. The molecule has 0 unspecified atom stereocenters. The van der Waals surface area contributed by atoms with Gasteiger partial charge in [0.15, 0.2) is 0 Å². The molecule has 0 aromatic heterocycles. The Morgan fingerprint density at radius 2 is 1.59 bits per heavy atom. The summed E-state index contributed by atoms with van der Waals surface area (Å²) in [5.41, 5.74) is 4.09. The van der Waals surface area contributed by atoms with Crippen LogP contribution in [0.4, 0.5) is 0 Å². The van der Waals surface area contributed by atoms with Gasteiger partial charge in [0.1, 0.15) is 6.29 Å². The summed E-state index contributed by atoms with van der Waals surface area (Å²) in [6.45, 7) is 4.44. The van der Waals surface area contributed by atoms with Crippen LogP contribution in [-0.2, 0) is 6.42 Å². The average Bonchev–Trinajstić information content (AvgIpc) is 2.53. The largest absolute Gasteiger partial charge is 0.298 e. The standard InChI is InChI=1S/C21H20O/c1-17(2)15-20-11-7-18(8-12-20)5-3-4-6-19-9-13-21(16-22)14-10-19/h4,6-14,16-17H,15H2,1-2H3/b6-4+. The Morgan fingerprint density at radius 1 is 0.955 bits per heavy atom. The maximum absolute atomic E-state index is 10.6. The second-order valence-electron chi connectivity index (χ2n) is 5.68. The van der Waals surface area contributed by atoms with Crippen molar-refractivity contribution in [1.29, 1.82) is 0 Å². The fourth-order valence-electron chi connectivity index (χ4n) is 2.14. The van der Waals surface area contributed by atoms with Gasteiger partial charge in [0.25, 0.3) is 0 Å². The first kappa shape index (κ1) is 15.8. The van der Waals surface area contributed by atoms with E-state index in [1.54, 1.807) is 12.1 Å². The lowest BCUT2D eigenvalue weighted by molar-refractivity contribution is 0.112. The summed E-state index contributed by atoms with van der Waals surface area (Å²) < 4.78 is 0. The SMILES string of the molecule is CC(C)Cc1ccc(C#C/C=C/c2ccc(C=O)cc2)cc1. The van der Waals surface area contributed by atoms with E-state index in [1.807, 2.05) is 24.3 Å². The van der Waals surface area contributed by atoms with E-state index >= 15 is 0 Å². The van der Waals surface area contributed by atoms with Crippen LogP contribution in [0.1, 0.15) is 40.9 Å². The van der Waals surface area contributed by atoms with E-state index in [9.17, 15) is 4.79 Å². The molecular weight excluding hydrogens is 268 g/mol. The molecule has 0 radical (unpaired) electrons. The first-order chi connectivity index (χ1) is 10.7. The first-order valence-corrected chi connectivity index (χ1v) is 7.49. The number of carbonyl (C=O) groups is 1. The highest BCUT2D eigenvalue weighted by Crippen LogP contribution is 2.09. The van der Waals surface area contributed by atoms with E-state index in [0.717, 1.165) is 23.8 Å². The third kappa shape index (κ3) is 5.07. The number of carbonyl (C=O) groups excluding carboxylic acids is 1. The molecule has 22 heavy (non-hydrogen) atoms. The van der Waals surface area contributed by atoms with Gasteiger partial charge in [0.05, 0.1) is 0 Å². The van der Waals surface area contributed by atoms with Crippen LogP contribution < -0.4 is 0 Å². The second kappa shape index (κ2) is 8.00. The zero-order chi connectivity index (χ0) is 15.8. The average molecular weight is 288 g/mol. The predicted molar refractivity (Wildman–Crippen MR) is 92.7 cm³/mol. The van der Waals surface area contributed by atoms with Gasteiger partial charge in [-0.15, -0.1) is 0 Å². The van der Waals surface area contributed by atoms with E-state index in [0.29, 0.717) is 11.5 Å². The highest BCUT2D eigenvalue weighted by molar-refractivity contribution is 5.75. The smallest absolute Gasteiger partial charge is 0.150 e. The lowest BCUT2D eigenvalue weighted by Gasteiger charge is -2.03. The number of hydrogen-bond acceptors (Lipinski definition) is 1. The summed E-state index contributed by atoms with van der Waals surface area (Å²) in [6.07, 6.45) is 5.72. The van der Waals surface area contributed by atoms with Gasteiger partial charge in [-0.3, -0.25) is 4.79 Å². The van der Waals surface area contributed by atoms with Crippen molar-refractivity contribution in [2.75, 3.05) is 0 Å². The molecule has 0 N–H and O–H groups in total. The highest BCUT2D eigenvalue weighted by Gasteiger charge is 1.96. The van der Waals surface area contributed by atoms with Gasteiger partial charge in [-0.1, -0.05) is 62.1 Å². The zero-order valence-corrected chi connectivity index (χ0v) is 13.0. The molecule has 0 amide bonds. The Labute approximate surface area is 132 Å². The molecule has 2 aromatic rings. The van der Waals surface area contributed by atoms with Crippen LogP contribution in [0.5, 0.6) is 0 Å². The predicted octanol–water partition coefficient (Wildman–Crippen LogP) is 4.76. The van der Waals surface area contributed by atoms with E-state index < -0.39 is 0 Å². The Kier molecular flexibility index (Phi) is 5.74. The minimum absolute atomic E-state index is 0.672. The quantitative estimate of drug-likeness (QED) is 0.585. The van der Waals surface area contributed by atoms with Gasteiger partial charge in [-0.25, -0.2) is 0 Å². The van der Waals surface area contributed by atoms with Gasteiger partial charge >= 0.3 is 0 Å². The summed E-state index contributed by atoms with van der Waals surface area (Å²) in [7, 11) is 0. The van der Waals surface area contributed by atoms with Crippen LogP contribution in [0, 0.1) is 17.8 Å². The molecule has 0 spiro atoms. The van der Waals surface area contributed by atoms with Crippen molar-refractivity contribution < 1.29 is 4.79 Å². The van der Waals surface area contributed by atoms with E-state index in [-0.39, 0.29) is 0 Å². The number of aldehydes is 1. The number of hydrogen-bond donors (Lipinski definition) is 0. The van der Waals surface area contributed by atoms with Crippen LogP contribution in [0.2, 0.25) is 0 Å². The summed E-state index contributed by atoms with van der Waals surface area (Å²) in [5.74, 6) is 6.84. The third-order valence-corrected chi connectivity index (χ3v) is 3.25. The Morgan fingerprint density at radius 3 is 2.18 bits per heavy atom. The zero-order valence-electron chi connectivity index (χ0n) is 13.0. The van der Waals surface area contributed by atoms with Gasteiger partial charge in [-0.05, 0) is 47.8 Å². The van der Waals surface area contributed by atoms with Crippen molar-refractivity contribution in [3.63, 3.8) is 0 Å². The molecule has 0 bridgehead atoms. The fraction of sp³-hybridized carbons (Fsp3) is 0.190. The normalized spacial score (nSPS) is 10.5. The maximum Gasteiger partial charge on any atom is 0.150 e. The third-order valence-electron chi connectivity index (χ3n) is 3.25. The second-order valence-corrected chi connectivity index (χ2v) is 5.68. The molecule has 0 atom stereocenters. The van der Waals surface area contributed by atoms with Crippen molar-refractivity contribution in [2.24, 2.45) is 5.92 Å². The fourth-order valence-corrected chi connectivity index (χ4v) is 2.14. The van der Waals surface area contributed by atoms with Crippen LogP contribution in [0.25, 0.3) is 6.08 Å². The minimum Gasteiger partial charge on any atom is -0.298 e. The molecule has 1 nitrogen and oxygen atoms in total. The van der Waals surface area contributed by atoms with Crippen LogP contribution in [0.3, 0.4) is 0 Å². The van der Waals surface area contributed by atoms with Crippen molar-refractivity contribution in [1.82, 2.24) is 0 Å². The molecule has 110 valence electrons. The molecule has 0 fully saturated rings. The number of benzene rings is 2. The molecule has 0 aliphatic carbocycles. The molecule has 2 aromatic carbocycles. The van der Waals surface area contributed by atoms with Gasteiger partial charge in [0, 0.05) is 11.1 Å². The van der Waals surface area contributed by atoms with Crippen molar-refractivity contribution in [3.8, 4) is 11.8 Å². The lowest BCUT2D eigenvalue weighted by atomic mass is 10.0. The molecule has 0 saturated carbocycles. The van der Waals surface area contributed by atoms with Crippen LogP contribution in [-0.4, -0.2) is 6.29 Å². The Hall–Kier alpha value is -2.59. The van der Waals surface area contributed by atoms with Crippen molar-refractivity contribution in [3.05, 3.63) is 76.9 Å². The molecule has 0 aliphatic heterocycles. The molecule has 2 rings (SSSR count). The molecule has 0 aliphatic rings. The van der Waals surface area contributed by atoms with Crippen molar-refractivity contribution in [2.45, 2.75) is 20.3 Å². The van der Waals surface area contributed by atoms with Crippen LogP contribution in [0.15, 0.2) is 54.6 Å². The summed E-state index contributed by atoms with van der Waals surface area (Å²) in [4.78, 5) is 10.6. The topological polar surface area (TPSA) is 17.1 Å².